The first-order valence-electron chi connectivity index (χ1n) is 10.9. The molecule has 1 atom stereocenters. The summed E-state index contributed by atoms with van der Waals surface area (Å²) in [6, 6.07) is 18.9. The third-order valence-electron chi connectivity index (χ3n) is 5.71. The molecule has 1 unspecified atom stereocenters. The molecule has 1 N–H and O–H groups in total. The van der Waals surface area contributed by atoms with Crippen LogP contribution in [-0.4, -0.2) is 27.5 Å². The van der Waals surface area contributed by atoms with Crippen molar-refractivity contribution in [1.29, 1.82) is 0 Å². The predicted octanol–water partition coefficient (Wildman–Crippen LogP) is 6.62. The number of hydrogen-bond acceptors (Lipinski definition) is 3. The Morgan fingerprint density at radius 3 is 2.56 bits per heavy atom. The van der Waals surface area contributed by atoms with Crippen molar-refractivity contribution in [2.24, 2.45) is 0 Å². The molecule has 0 radical (unpaired) electrons. The van der Waals surface area contributed by atoms with Crippen LogP contribution in [0.1, 0.15) is 30.8 Å². The van der Waals surface area contributed by atoms with Gasteiger partial charge < -0.3 is 10.2 Å². The highest BCUT2D eigenvalue weighted by Crippen LogP contribution is 2.28. The molecule has 0 aliphatic carbocycles. The summed E-state index contributed by atoms with van der Waals surface area (Å²) in [5, 5.41) is 4.15. The second kappa shape index (κ2) is 9.87. The lowest BCUT2D eigenvalue weighted by Gasteiger charge is -2.29. The van der Waals surface area contributed by atoms with E-state index in [2.05, 4.69) is 5.32 Å². The molecule has 4 rings (SSSR count). The minimum atomic E-state index is -0.483. The van der Waals surface area contributed by atoms with Crippen molar-refractivity contribution in [2.45, 2.75) is 26.3 Å². The molecule has 174 valence electrons. The lowest BCUT2D eigenvalue weighted by molar-refractivity contribution is 0.199. The van der Waals surface area contributed by atoms with Crippen molar-refractivity contribution in [3.05, 3.63) is 98.5 Å². The summed E-state index contributed by atoms with van der Waals surface area (Å²) in [4.78, 5) is 33.2. The van der Waals surface area contributed by atoms with Gasteiger partial charge in [0.2, 0.25) is 0 Å². The fourth-order valence-electron chi connectivity index (χ4n) is 3.96. The Kier molecular flexibility index (Phi) is 6.91. The Balaban J connectivity index is 1.82. The Morgan fingerprint density at radius 2 is 1.85 bits per heavy atom. The fourth-order valence-corrected chi connectivity index (χ4v) is 4.41. The lowest BCUT2D eigenvalue weighted by Crippen LogP contribution is -2.38. The number of rotatable bonds is 5. The number of nitrogens with one attached hydrogen (secondary N) is 1. The molecule has 2 amide bonds. The minimum absolute atomic E-state index is 0.181. The molecule has 0 fully saturated rings. The molecule has 0 saturated carbocycles. The van der Waals surface area contributed by atoms with Crippen LogP contribution in [-0.2, 0) is 0 Å². The number of fused-ring (bicyclic) bond motifs is 1. The Bertz CT molecular complexity index is 1430. The lowest BCUT2D eigenvalue weighted by atomic mass is 10.1. The van der Waals surface area contributed by atoms with E-state index in [9.17, 15) is 9.59 Å². The van der Waals surface area contributed by atoms with Gasteiger partial charge in [-0.25, -0.2) is 9.78 Å². The Hall–Kier alpha value is -3.35. The van der Waals surface area contributed by atoms with Crippen LogP contribution in [0, 0.1) is 6.92 Å². The first-order chi connectivity index (χ1) is 16.3. The maximum absolute atomic E-state index is 13.6. The molecule has 0 aliphatic heterocycles. The summed E-state index contributed by atoms with van der Waals surface area (Å²) in [5.74, 6) is 0.483. The summed E-state index contributed by atoms with van der Waals surface area (Å²) in [5.41, 5.74) is 2.56. The van der Waals surface area contributed by atoms with Crippen molar-refractivity contribution in [1.82, 2.24) is 14.5 Å². The zero-order valence-corrected chi connectivity index (χ0v) is 20.6. The molecule has 0 aliphatic rings. The fraction of sp³-hybridized carbons (Fsp3) is 0.192. The van der Waals surface area contributed by atoms with E-state index in [4.69, 9.17) is 28.2 Å². The number of halogens is 2. The van der Waals surface area contributed by atoms with Crippen LogP contribution in [0.4, 0.5) is 10.5 Å². The maximum atomic E-state index is 13.6. The van der Waals surface area contributed by atoms with E-state index in [0.29, 0.717) is 44.6 Å². The van der Waals surface area contributed by atoms with Crippen LogP contribution in [0.15, 0.2) is 71.5 Å². The summed E-state index contributed by atoms with van der Waals surface area (Å²) in [6.45, 7) is 3.92. The zero-order chi connectivity index (χ0) is 24.4. The third-order valence-corrected chi connectivity index (χ3v) is 6.25. The number of amides is 2. The Morgan fingerprint density at radius 1 is 1.09 bits per heavy atom. The summed E-state index contributed by atoms with van der Waals surface area (Å²) in [7, 11) is 1.68. The highest BCUT2D eigenvalue weighted by molar-refractivity contribution is 6.36. The third kappa shape index (κ3) is 4.65. The predicted molar refractivity (Wildman–Crippen MR) is 138 cm³/mol. The number of aryl methyl sites for hydroxylation is 1. The van der Waals surface area contributed by atoms with E-state index in [-0.39, 0.29) is 11.6 Å². The molecule has 4 aromatic rings. The second-order valence-corrected chi connectivity index (χ2v) is 8.90. The number of urea groups is 1. The smallest absolute Gasteiger partial charge is 0.317 e. The first kappa shape index (κ1) is 23.8. The number of aromatic nitrogens is 2. The topological polar surface area (TPSA) is 67.2 Å². The van der Waals surface area contributed by atoms with Crippen molar-refractivity contribution in [3.8, 4) is 5.69 Å². The SMILES string of the molecule is CCC(c1nc2ccccc2c(=O)n1-c1cccc(C)c1)N(C)C(=O)Nc1ccc(Cl)cc1Cl. The molecule has 1 heterocycles. The zero-order valence-electron chi connectivity index (χ0n) is 19.0. The summed E-state index contributed by atoms with van der Waals surface area (Å²) < 4.78 is 1.60. The van der Waals surface area contributed by atoms with Gasteiger partial charge in [0.05, 0.1) is 33.3 Å². The van der Waals surface area contributed by atoms with Gasteiger partial charge in [0.25, 0.3) is 5.56 Å². The molecular weight excluding hydrogens is 471 g/mol. The number of benzene rings is 3. The number of hydrogen-bond donors (Lipinski definition) is 1. The van der Waals surface area contributed by atoms with Gasteiger partial charge in [-0.2, -0.15) is 0 Å². The minimum Gasteiger partial charge on any atom is -0.317 e. The van der Waals surface area contributed by atoms with E-state index in [1.807, 2.05) is 50.2 Å². The molecule has 8 heteroatoms. The highest BCUT2D eigenvalue weighted by Gasteiger charge is 2.27. The van der Waals surface area contributed by atoms with Crippen molar-refractivity contribution in [3.63, 3.8) is 0 Å². The van der Waals surface area contributed by atoms with Gasteiger partial charge in [0.15, 0.2) is 0 Å². The van der Waals surface area contributed by atoms with Gasteiger partial charge in [0, 0.05) is 12.1 Å². The number of para-hydroxylation sites is 1. The average Bonchev–Trinajstić information content (AvgIpc) is 2.81. The van der Waals surface area contributed by atoms with E-state index in [0.717, 1.165) is 5.56 Å². The Labute approximate surface area is 207 Å². The molecule has 0 spiro atoms. The van der Waals surface area contributed by atoms with Crippen molar-refractivity contribution < 1.29 is 4.79 Å². The number of anilines is 1. The van der Waals surface area contributed by atoms with Crippen LogP contribution >= 0.6 is 23.2 Å². The van der Waals surface area contributed by atoms with Gasteiger partial charge in [0.1, 0.15) is 5.82 Å². The highest BCUT2D eigenvalue weighted by atomic mass is 35.5. The van der Waals surface area contributed by atoms with E-state index in [1.54, 1.807) is 41.9 Å². The quantitative estimate of drug-likeness (QED) is 0.339. The van der Waals surface area contributed by atoms with Crippen molar-refractivity contribution >= 4 is 45.8 Å². The molecule has 1 aromatic heterocycles. The number of nitrogens with zero attached hydrogens (tertiary/aromatic N) is 3. The van der Waals surface area contributed by atoms with Gasteiger partial charge in [-0.15, -0.1) is 0 Å². The van der Waals surface area contributed by atoms with Crippen LogP contribution in [0.2, 0.25) is 10.0 Å². The molecule has 6 nitrogen and oxygen atoms in total. The summed E-state index contributed by atoms with van der Waals surface area (Å²) >= 11 is 12.2. The van der Waals surface area contributed by atoms with E-state index in [1.165, 1.54) is 4.90 Å². The monoisotopic (exact) mass is 494 g/mol. The number of carbonyl (C=O) groups excluding carboxylic acids is 1. The average molecular weight is 495 g/mol. The number of carbonyl (C=O) groups is 1. The summed E-state index contributed by atoms with van der Waals surface area (Å²) in [6.07, 6.45) is 0.537. The van der Waals surface area contributed by atoms with Crippen molar-refractivity contribution in [2.75, 3.05) is 12.4 Å². The van der Waals surface area contributed by atoms with Crippen LogP contribution in [0.25, 0.3) is 16.6 Å². The normalized spacial score (nSPS) is 11.9. The van der Waals surface area contributed by atoms with Crippen LogP contribution in [0.3, 0.4) is 0 Å². The largest absolute Gasteiger partial charge is 0.322 e. The van der Waals surface area contributed by atoms with E-state index >= 15 is 0 Å². The maximum Gasteiger partial charge on any atom is 0.322 e. The molecular formula is C26H24Cl2N4O2. The van der Waals surface area contributed by atoms with Gasteiger partial charge >= 0.3 is 6.03 Å². The molecule has 34 heavy (non-hydrogen) atoms. The second-order valence-electron chi connectivity index (χ2n) is 8.06. The van der Waals surface area contributed by atoms with Crippen LogP contribution < -0.4 is 10.9 Å². The van der Waals surface area contributed by atoms with Gasteiger partial charge in [-0.05, 0) is 61.4 Å². The standard InChI is InChI=1S/C26H24Cl2N4O2/c1-4-23(31(3)26(34)30-22-13-12-17(27)15-20(22)28)24-29-21-11-6-5-10-19(21)25(33)32(24)18-9-7-8-16(2)14-18/h5-15,23H,4H2,1-3H3,(H,30,34). The van der Waals surface area contributed by atoms with Gasteiger partial charge in [-0.1, -0.05) is 54.4 Å². The molecule has 3 aromatic carbocycles. The van der Waals surface area contributed by atoms with E-state index < -0.39 is 6.04 Å². The van der Waals surface area contributed by atoms with Crippen LogP contribution in [0.5, 0.6) is 0 Å². The molecule has 0 bridgehead atoms. The first-order valence-corrected chi connectivity index (χ1v) is 11.6. The van der Waals surface area contributed by atoms with Gasteiger partial charge in [-0.3, -0.25) is 9.36 Å². The molecule has 0 saturated heterocycles.